The quantitative estimate of drug-likeness (QED) is 0.421. The maximum absolute atomic E-state index is 13.1. The van der Waals surface area contributed by atoms with Crippen LogP contribution in [0.2, 0.25) is 0 Å². The van der Waals surface area contributed by atoms with Crippen molar-refractivity contribution in [3.8, 4) is 0 Å². The minimum atomic E-state index is -3.96. The lowest BCUT2D eigenvalue weighted by atomic mass is 10.0. The van der Waals surface area contributed by atoms with Gasteiger partial charge in [0.2, 0.25) is 10.0 Å². The Morgan fingerprint density at radius 3 is 2.29 bits per heavy atom. The smallest absolute Gasteiger partial charge is 0.336 e. The van der Waals surface area contributed by atoms with Crippen molar-refractivity contribution < 1.29 is 22.4 Å². The van der Waals surface area contributed by atoms with E-state index >= 15 is 0 Å². The van der Waals surface area contributed by atoms with Gasteiger partial charge in [-0.2, -0.15) is 4.72 Å². The molecule has 0 unspecified atom stereocenters. The number of nitrogens with one attached hydrogen (secondary N) is 1. The maximum atomic E-state index is 13.1. The third-order valence-electron chi connectivity index (χ3n) is 6.66. The molecule has 7 nitrogen and oxygen atoms in total. The van der Waals surface area contributed by atoms with Crippen molar-refractivity contribution in [1.82, 2.24) is 4.72 Å². The first-order chi connectivity index (χ1) is 16.0. The van der Waals surface area contributed by atoms with Crippen LogP contribution in [0.25, 0.3) is 11.0 Å². The van der Waals surface area contributed by atoms with E-state index in [2.05, 4.69) is 4.72 Å². The van der Waals surface area contributed by atoms with Crippen LogP contribution in [0.5, 0.6) is 0 Å². The van der Waals surface area contributed by atoms with Gasteiger partial charge in [0.05, 0.1) is 4.90 Å². The lowest BCUT2D eigenvalue weighted by Crippen LogP contribution is -2.40. The Hall–Kier alpha value is -2.97. The standard InChI is InChI=1S/C26H29NO6S/c1-14-9-15(2)17(4)25(16(14)3)34(30,31)27-18(5)26(29)32-13-21-12-24(28)33-23-11-20-8-6-7-19(20)10-22(21)23/h9-12,18,27H,6-8,13H2,1-5H3/t18-/m0/s1. The molecule has 8 heteroatoms. The molecule has 0 amide bonds. The number of sulfonamides is 1. The second-order valence-corrected chi connectivity index (χ2v) is 10.8. The van der Waals surface area contributed by atoms with Gasteiger partial charge in [-0.1, -0.05) is 6.07 Å². The Morgan fingerprint density at radius 2 is 1.65 bits per heavy atom. The number of carbonyl (C=O) groups excluding carboxylic acids is 1. The van der Waals surface area contributed by atoms with Crippen LogP contribution in [-0.2, 0) is 39.0 Å². The monoisotopic (exact) mass is 483 g/mol. The van der Waals surface area contributed by atoms with Gasteiger partial charge in [0.15, 0.2) is 0 Å². The molecule has 0 saturated carbocycles. The predicted octanol–water partition coefficient (Wildman–Crippen LogP) is 3.93. The van der Waals surface area contributed by atoms with Crippen molar-refractivity contribution in [3.63, 3.8) is 0 Å². The van der Waals surface area contributed by atoms with Crippen molar-refractivity contribution in [3.05, 3.63) is 73.6 Å². The fourth-order valence-corrected chi connectivity index (χ4v) is 6.42. The predicted molar refractivity (Wildman–Crippen MR) is 129 cm³/mol. The van der Waals surface area contributed by atoms with Gasteiger partial charge < -0.3 is 9.15 Å². The minimum absolute atomic E-state index is 0.159. The molecule has 1 aliphatic rings. The molecule has 0 saturated heterocycles. The van der Waals surface area contributed by atoms with Gasteiger partial charge in [0.25, 0.3) is 0 Å². The van der Waals surface area contributed by atoms with Gasteiger partial charge in [-0.25, -0.2) is 13.2 Å². The van der Waals surface area contributed by atoms with Crippen LogP contribution in [0.1, 0.15) is 52.3 Å². The number of fused-ring (bicyclic) bond motifs is 2. The number of rotatable bonds is 6. The largest absolute Gasteiger partial charge is 0.460 e. The van der Waals surface area contributed by atoms with Gasteiger partial charge in [-0.3, -0.25) is 4.79 Å². The summed E-state index contributed by atoms with van der Waals surface area (Å²) in [6.45, 7) is 8.50. The number of esters is 1. The molecule has 4 rings (SSSR count). The van der Waals surface area contributed by atoms with Crippen molar-refractivity contribution in [2.45, 2.75) is 71.4 Å². The molecule has 0 aliphatic heterocycles. The second kappa shape index (κ2) is 9.00. The number of benzene rings is 2. The van der Waals surface area contributed by atoms with Gasteiger partial charge in [-0.05, 0) is 99.4 Å². The van der Waals surface area contributed by atoms with Crippen molar-refractivity contribution in [2.75, 3.05) is 0 Å². The van der Waals surface area contributed by atoms with E-state index in [1.807, 2.05) is 32.0 Å². The number of hydrogen-bond acceptors (Lipinski definition) is 6. The van der Waals surface area contributed by atoms with Gasteiger partial charge in [-0.15, -0.1) is 0 Å². The highest BCUT2D eigenvalue weighted by molar-refractivity contribution is 7.89. The summed E-state index contributed by atoms with van der Waals surface area (Å²) in [5, 5.41) is 0.725. The number of hydrogen-bond donors (Lipinski definition) is 1. The average Bonchev–Trinajstić information content (AvgIpc) is 3.21. The number of carbonyl (C=O) groups is 1. The SMILES string of the molecule is Cc1cc(C)c(C)c(S(=O)(=O)N[C@@H](C)C(=O)OCc2cc(=O)oc3cc4c(cc23)CCC4)c1C. The van der Waals surface area contributed by atoms with E-state index in [-0.39, 0.29) is 11.5 Å². The normalized spacial score (nSPS) is 14.3. The molecule has 0 bridgehead atoms. The topological polar surface area (TPSA) is 103 Å². The molecule has 1 atom stereocenters. The first-order valence-electron chi connectivity index (χ1n) is 11.3. The highest BCUT2D eigenvalue weighted by atomic mass is 32.2. The molecule has 1 N–H and O–H groups in total. The van der Waals surface area contributed by atoms with Gasteiger partial charge >= 0.3 is 11.6 Å². The molecule has 180 valence electrons. The van der Waals surface area contributed by atoms with Crippen LogP contribution in [0.3, 0.4) is 0 Å². The van der Waals surface area contributed by atoms with Crippen LogP contribution >= 0.6 is 0 Å². The molecular weight excluding hydrogens is 454 g/mol. The Bertz CT molecular complexity index is 1440. The molecule has 3 aromatic rings. The molecule has 0 radical (unpaired) electrons. The summed E-state index contributed by atoms with van der Waals surface area (Å²) >= 11 is 0. The first-order valence-corrected chi connectivity index (χ1v) is 12.8. The zero-order valence-electron chi connectivity index (χ0n) is 20.1. The lowest BCUT2D eigenvalue weighted by Gasteiger charge is -2.19. The number of ether oxygens (including phenoxy) is 1. The maximum Gasteiger partial charge on any atom is 0.336 e. The Balaban J connectivity index is 1.53. The summed E-state index contributed by atoms with van der Waals surface area (Å²) < 4.78 is 39.5. The summed E-state index contributed by atoms with van der Waals surface area (Å²) in [4.78, 5) is 24.9. The third kappa shape index (κ3) is 4.52. The fourth-order valence-electron chi connectivity index (χ4n) is 4.61. The molecule has 34 heavy (non-hydrogen) atoms. The molecule has 2 aromatic carbocycles. The van der Waals surface area contributed by atoms with Crippen molar-refractivity contribution >= 4 is 27.0 Å². The highest BCUT2D eigenvalue weighted by Crippen LogP contribution is 2.29. The zero-order valence-corrected chi connectivity index (χ0v) is 20.9. The Morgan fingerprint density at radius 1 is 1.03 bits per heavy atom. The van der Waals surface area contributed by atoms with E-state index in [9.17, 15) is 18.0 Å². The van der Waals surface area contributed by atoms with E-state index in [1.165, 1.54) is 24.1 Å². The Kier molecular flexibility index (Phi) is 6.40. The van der Waals surface area contributed by atoms with E-state index in [1.54, 1.807) is 13.8 Å². The van der Waals surface area contributed by atoms with E-state index in [0.29, 0.717) is 22.3 Å². The third-order valence-corrected chi connectivity index (χ3v) is 8.48. The molecule has 1 heterocycles. The van der Waals surface area contributed by atoms with Crippen LogP contribution < -0.4 is 10.3 Å². The van der Waals surface area contributed by atoms with E-state index < -0.39 is 27.7 Å². The van der Waals surface area contributed by atoms with Gasteiger partial charge in [0, 0.05) is 17.0 Å². The average molecular weight is 484 g/mol. The summed E-state index contributed by atoms with van der Waals surface area (Å²) in [5.74, 6) is -0.731. The molecular formula is C26H29NO6S. The van der Waals surface area contributed by atoms with E-state index in [0.717, 1.165) is 35.8 Å². The summed E-state index contributed by atoms with van der Waals surface area (Å²) in [6.07, 6.45) is 2.96. The van der Waals surface area contributed by atoms with Crippen LogP contribution in [0, 0.1) is 27.7 Å². The van der Waals surface area contributed by atoms with Crippen LogP contribution in [-0.4, -0.2) is 20.4 Å². The van der Waals surface area contributed by atoms with Crippen LogP contribution in [0.4, 0.5) is 0 Å². The zero-order chi connectivity index (χ0) is 24.8. The summed E-state index contributed by atoms with van der Waals surface area (Å²) in [7, 11) is -3.96. The van der Waals surface area contributed by atoms with E-state index in [4.69, 9.17) is 9.15 Å². The lowest BCUT2D eigenvalue weighted by molar-refractivity contribution is -0.146. The first kappa shape index (κ1) is 24.2. The summed E-state index contributed by atoms with van der Waals surface area (Å²) in [6, 6.07) is 6.02. The minimum Gasteiger partial charge on any atom is -0.460 e. The van der Waals surface area contributed by atoms with Gasteiger partial charge in [0.1, 0.15) is 18.2 Å². The van der Waals surface area contributed by atoms with Crippen molar-refractivity contribution in [1.29, 1.82) is 0 Å². The Labute approximate surface area is 199 Å². The molecule has 1 aromatic heterocycles. The molecule has 1 aliphatic carbocycles. The molecule has 0 fully saturated rings. The molecule has 0 spiro atoms. The highest BCUT2D eigenvalue weighted by Gasteiger charge is 2.27. The fraction of sp³-hybridized carbons (Fsp3) is 0.385. The summed E-state index contributed by atoms with van der Waals surface area (Å²) in [5.41, 5.74) is 5.86. The van der Waals surface area contributed by atoms with Crippen LogP contribution in [0.15, 0.2) is 38.4 Å². The number of aryl methyl sites for hydroxylation is 4. The second-order valence-electron chi connectivity index (χ2n) is 9.10. The van der Waals surface area contributed by atoms with Crippen molar-refractivity contribution in [2.24, 2.45) is 0 Å².